The van der Waals surface area contributed by atoms with Crippen LogP contribution in [0.5, 0.6) is 5.75 Å². The Morgan fingerprint density at radius 3 is 2.79 bits per heavy atom. The first kappa shape index (κ1) is 13.5. The molecule has 0 aliphatic carbocycles. The largest absolute Gasteiger partial charge is 0.493 e. The summed E-state index contributed by atoms with van der Waals surface area (Å²) in [6.45, 7) is 1.08. The van der Waals surface area contributed by atoms with Crippen molar-refractivity contribution in [3.63, 3.8) is 0 Å². The van der Waals surface area contributed by atoms with Crippen molar-refractivity contribution in [1.29, 1.82) is 0 Å². The van der Waals surface area contributed by atoms with Crippen molar-refractivity contribution in [3.8, 4) is 5.75 Å². The molecule has 0 amide bonds. The minimum atomic E-state index is 0.478. The Balaban J connectivity index is 1.64. The molecule has 2 rings (SSSR count). The predicted molar refractivity (Wildman–Crippen MR) is 78.4 cm³/mol. The van der Waals surface area contributed by atoms with Gasteiger partial charge in [-0.05, 0) is 24.3 Å². The van der Waals surface area contributed by atoms with Crippen molar-refractivity contribution in [2.45, 2.75) is 6.54 Å². The van der Waals surface area contributed by atoms with E-state index >= 15 is 0 Å². The van der Waals surface area contributed by atoms with E-state index in [0.29, 0.717) is 18.3 Å². The smallest absolute Gasteiger partial charge is 0.154 e. The Labute approximate surface area is 116 Å². The maximum atomic E-state index is 5.79. The summed E-state index contributed by atoms with van der Waals surface area (Å²) in [5.41, 5.74) is 5.79. The highest BCUT2D eigenvalue weighted by Crippen LogP contribution is 2.10. The standard InChI is InChI=1S/C14H16N2O2S/c15-14(16-11-13-7-4-8-17-13)19-10-9-18-12-5-2-1-3-6-12/h1-8H,9-11H2,(H2,15,16). The average molecular weight is 276 g/mol. The molecule has 0 unspecified atom stereocenters. The topological polar surface area (TPSA) is 60.8 Å². The van der Waals surface area contributed by atoms with E-state index < -0.39 is 0 Å². The first-order valence-electron chi connectivity index (χ1n) is 5.97. The van der Waals surface area contributed by atoms with Crippen LogP contribution in [-0.4, -0.2) is 17.5 Å². The van der Waals surface area contributed by atoms with Gasteiger partial charge in [0.1, 0.15) is 11.5 Å². The SMILES string of the molecule is NC(=NCc1ccco1)SCCOc1ccccc1. The Kier molecular flexibility index (Phi) is 5.37. The molecular formula is C14H16N2O2S. The van der Waals surface area contributed by atoms with Crippen LogP contribution in [0.15, 0.2) is 58.1 Å². The van der Waals surface area contributed by atoms with Gasteiger partial charge in [-0.2, -0.15) is 0 Å². The van der Waals surface area contributed by atoms with Gasteiger partial charge in [0.15, 0.2) is 5.17 Å². The molecule has 2 N–H and O–H groups in total. The summed E-state index contributed by atoms with van der Waals surface area (Å²) in [4.78, 5) is 4.22. The highest BCUT2D eigenvalue weighted by molar-refractivity contribution is 8.13. The summed E-state index contributed by atoms with van der Waals surface area (Å²) in [5, 5.41) is 0.549. The summed E-state index contributed by atoms with van der Waals surface area (Å²) in [5.74, 6) is 2.45. The molecule has 0 saturated carbocycles. The number of hydrogen-bond acceptors (Lipinski definition) is 4. The summed E-state index contributed by atoms with van der Waals surface area (Å²) in [6, 6.07) is 13.4. The highest BCUT2D eigenvalue weighted by atomic mass is 32.2. The Morgan fingerprint density at radius 2 is 2.05 bits per heavy atom. The van der Waals surface area contributed by atoms with E-state index in [0.717, 1.165) is 17.3 Å². The third-order valence-electron chi connectivity index (χ3n) is 2.32. The van der Waals surface area contributed by atoms with Crippen LogP contribution >= 0.6 is 11.8 Å². The number of thioether (sulfide) groups is 1. The molecule has 2 aromatic rings. The Hall–Kier alpha value is -1.88. The number of rotatable bonds is 6. The second kappa shape index (κ2) is 7.53. The molecule has 5 heteroatoms. The Morgan fingerprint density at radius 1 is 1.21 bits per heavy atom. The minimum Gasteiger partial charge on any atom is -0.493 e. The quantitative estimate of drug-likeness (QED) is 0.500. The van der Waals surface area contributed by atoms with Gasteiger partial charge in [-0.25, -0.2) is 0 Å². The average Bonchev–Trinajstić information content (AvgIpc) is 2.96. The van der Waals surface area contributed by atoms with Crippen molar-refractivity contribution in [1.82, 2.24) is 0 Å². The van der Waals surface area contributed by atoms with E-state index in [2.05, 4.69) is 4.99 Å². The summed E-state index contributed by atoms with van der Waals surface area (Å²) in [6.07, 6.45) is 1.63. The molecule has 0 atom stereocenters. The molecule has 0 bridgehead atoms. The molecule has 1 aromatic heterocycles. The van der Waals surface area contributed by atoms with E-state index in [4.69, 9.17) is 14.9 Å². The van der Waals surface area contributed by atoms with Gasteiger partial charge in [-0.15, -0.1) is 0 Å². The number of aliphatic imine (C=N–C) groups is 1. The van der Waals surface area contributed by atoms with Crippen LogP contribution in [0.3, 0.4) is 0 Å². The van der Waals surface area contributed by atoms with E-state index in [1.54, 1.807) is 6.26 Å². The van der Waals surface area contributed by atoms with E-state index in [9.17, 15) is 0 Å². The molecule has 1 aromatic carbocycles. The lowest BCUT2D eigenvalue weighted by Gasteiger charge is -2.05. The number of para-hydroxylation sites is 1. The number of nitrogens with two attached hydrogens (primary N) is 1. The van der Waals surface area contributed by atoms with Crippen LogP contribution in [-0.2, 0) is 6.54 Å². The molecule has 4 nitrogen and oxygen atoms in total. The summed E-state index contributed by atoms with van der Waals surface area (Å²) in [7, 11) is 0. The number of benzene rings is 1. The van der Waals surface area contributed by atoms with E-state index in [1.807, 2.05) is 42.5 Å². The first-order chi connectivity index (χ1) is 9.34. The molecule has 19 heavy (non-hydrogen) atoms. The number of furan rings is 1. The summed E-state index contributed by atoms with van der Waals surface area (Å²) < 4.78 is 10.7. The molecule has 0 spiro atoms. The zero-order valence-corrected chi connectivity index (χ0v) is 11.3. The lowest BCUT2D eigenvalue weighted by molar-refractivity contribution is 0.344. The van der Waals surface area contributed by atoms with Gasteiger partial charge in [0, 0.05) is 5.75 Å². The molecule has 0 saturated heterocycles. The van der Waals surface area contributed by atoms with Crippen molar-refractivity contribution < 1.29 is 9.15 Å². The normalized spacial score (nSPS) is 11.5. The zero-order chi connectivity index (χ0) is 13.3. The van der Waals surface area contributed by atoms with Crippen molar-refractivity contribution in [2.75, 3.05) is 12.4 Å². The first-order valence-corrected chi connectivity index (χ1v) is 6.96. The number of nitrogens with zero attached hydrogens (tertiary/aromatic N) is 1. The second-order valence-corrected chi connectivity index (χ2v) is 4.86. The van der Waals surface area contributed by atoms with Gasteiger partial charge in [0.25, 0.3) is 0 Å². The fraction of sp³-hybridized carbons (Fsp3) is 0.214. The third-order valence-corrected chi connectivity index (χ3v) is 3.11. The fourth-order valence-corrected chi connectivity index (χ4v) is 1.96. The molecule has 1 heterocycles. The fourth-order valence-electron chi connectivity index (χ4n) is 1.43. The van der Waals surface area contributed by atoms with Crippen LogP contribution in [0.2, 0.25) is 0 Å². The number of ether oxygens (including phenoxy) is 1. The van der Waals surface area contributed by atoms with E-state index in [1.165, 1.54) is 11.8 Å². The van der Waals surface area contributed by atoms with Gasteiger partial charge in [0.05, 0.1) is 19.4 Å². The zero-order valence-electron chi connectivity index (χ0n) is 10.5. The maximum Gasteiger partial charge on any atom is 0.154 e. The molecular weight excluding hydrogens is 260 g/mol. The molecule has 0 radical (unpaired) electrons. The van der Waals surface area contributed by atoms with Crippen LogP contribution in [0.4, 0.5) is 0 Å². The van der Waals surface area contributed by atoms with Gasteiger partial charge in [-0.3, -0.25) is 4.99 Å². The molecule has 100 valence electrons. The van der Waals surface area contributed by atoms with Crippen LogP contribution < -0.4 is 10.5 Å². The number of hydrogen-bond donors (Lipinski definition) is 1. The maximum absolute atomic E-state index is 5.79. The number of amidine groups is 1. The van der Waals surface area contributed by atoms with E-state index in [-0.39, 0.29) is 0 Å². The monoisotopic (exact) mass is 276 g/mol. The molecule has 0 fully saturated rings. The third kappa shape index (κ3) is 5.09. The Bertz CT molecular complexity index is 497. The lowest BCUT2D eigenvalue weighted by Crippen LogP contribution is -2.10. The predicted octanol–water partition coefficient (Wildman–Crippen LogP) is 2.91. The van der Waals surface area contributed by atoms with Crippen LogP contribution in [0.1, 0.15) is 5.76 Å². The van der Waals surface area contributed by atoms with Gasteiger partial charge in [-0.1, -0.05) is 30.0 Å². The lowest BCUT2D eigenvalue weighted by atomic mass is 10.3. The van der Waals surface area contributed by atoms with Gasteiger partial charge < -0.3 is 14.9 Å². The molecule has 0 aliphatic rings. The second-order valence-electron chi connectivity index (χ2n) is 3.74. The summed E-state index contributed by atoms with van der Waals surface area (Å²) >= 11 is 1.48. The van der Waals surface area contributed by atoms with Crippen LogP contribution in [0.25, 0.3) is 0 Å². The minimum absolute atomic E-state index is 0.478. The van der Waals surface area contributed by atoms with Crippen molar-refractivity contribution >= 4 is 16.9 Å². The van der Waals surface area contributed by atoms with Crippen molar-refractivity contribution in [2.24, 2.45) is 10.7 Å². The van der Waals surface area contributed by atoms with Gasteiger partial charge in [0.2, 0.25) is 0 Å². The molecule has 0 aliphatic heterocycles. The highest BCUT2D eigenvalue weighted by Gasteiger charge is 1.97. The van der Waals surface area contributed by atoms with Crippen LogP contribution in [0, 0.1) is 0 Å². The van der Waals surface area contributed by atoms with Crippen molar-refractivity contribution in [3.05, 3.63) is 54.5 Å². The van der Waals surface area contributed by atoms with Gasteiger partial charge >= 0.3 is 0 Å².